The minimum Gasteiger partial charge on any atom is -0.337 e. The van der Waals surface area contributed by atoms with E-state index in [1.807, 2.05) is 11.8 Å². The number of rotatable bonds is 4. The van der Waals surface area contributed by atoms with Gasteiger partial charge in [0.05, 0.1) is 0 Å². The lowest BCUT2D eigenvalue weighted by Crippen LogP contribution is -2.35. The highest BCUT2D eigenvalue weighted by atomic mass is 16.2. The van der Waals surface area contributed by atoms with E-state index in [0.717, 1.165) is 43.9 Å². The molecule has 5 heteroatoms. The minimum absolute atomic E-state index is 0.0485. The molecule has 1 aliphatic heterocycles. The van der Waals surface area contributed by atoms with Crippen LogP contribution >= 0.6 is 0 Å². The van der Waals surface area contributed by atoms with Crippen molar-refractivity contribution in [1.29, 1.82) is 0 Å². The maximum atomic E-state index is 12.5. The first-order chi connectivity index (χ1) is 8.63. The number of H-pyrrole nitrogens is 1. The van der Waals surface area contributed by atoms with Gasteiger partial charge in [0, 0.05) is 43.9 Å². The number of amides is 1. The lowest BCUT2D eigenvalue weighted by Gasteiger charge is -2.23. The molecule has 0 saturated carbocycles. The number of nitrogens with one attached hydrogen (secondary N) is 2. The Bertz CT molecular complexity index is 425. The van der Waals surface area contributed by atoms with Crippen molar-refractivity contribution in [2.75, 3.05) is 19.6 Å². The number of hydrogen-bond donors (Lipinski definition) is 2. The third kappa shape index (κ3) is 2.56. The van der Waals surface area contributed by atoms with Crippen molar-refractivity contribution in [2.45, 2.75) is 33.7 Å². The van der Waals surface area contributed by atoms with Crippen molar-refractivity contribution < 1.29 is 4.79 Å². The van der Waals surface area contributed by atoms with Crippen molar-refractivity contribution in [3.8, 4) is 0 Å². The molecule has 0 spiro atoms. The molecule has 5 nitrogen and oxygen atoms in total. The second kappa shape index (κ2) is 5.52. The summed E-state index contributed by atoms with van der Waals surface area (Å²) in [5.74, 6) is 0.522. The first-order valence-corrected chi connectivity index (χ1v) is 6.69. The first-order valence-electron chi connectivity index (χ1n) is 6.69. The van der Waals surface area contributed by atoms with Gasteiger partial charge in [-0.05, 0) is 12.8 Å². The average Bonchev–Trinajstić information content (AvgIpc) is 2.78. The monoisotopic (exact) mass is 250 g/mol. The third-order valence-electron chi connectivity index (χ3n) is 3.26. The van der Waals surface area contributed by atoms with Gasteiger partial charge in [-0.1, -0.05) is 13.8 Å². The average molecular weight is 250 g/mol. The molecule has 2 heterocycles. The normalized spacial score (nSPS) is 14.7. The number of hydrogen-bond acceptors (Lipinski definition) is 3. The fourth-order valence-electron chi connectivity index (χ4n) is 2.35. The van der Waals surface area contributed by atoms with Crippen molar-refractivity contribution in [2.24, 2.45) is 5.92 Å². The van der Waals surface area contributed by atoms with E-state index in [0.29, 0.717) is 11.6 Å². The lowest BCUT2D eigenvalue weighted by atomic mass is 10.1. The predicted molar refractivity (Wildman–Crippen MR) is 70.4 cm³/mol. The molecule has 0 fully saturated rings. The van der Waals surface area contributed by atoms with E-state index < -0.39 is 0 Å². The van der Waals surface area contributed by atoms with E-state index >= 15 is 0 Å². The Labute approximate surface area is 108 Å². The van der Waals surface area contributed by atoms with Crippen molar-refractivity contribution >= 4 is 5.91 Å². The number of aromatic nitrogens is 2. The largest absolute Gasteiger partial charge is 0.337 e. The summed E-state index contributed by atoms with van der Waals surface area (Å²) in [6.07, 6.45) is 0.923. The van der Waals surface area contributed by atoms with Crippen LogP contribution in [0.15, 0.2) is 0 Å². The van der Waals surface area contributed by atoms with Gasteiger partial charge in [-0.3, -0.25) is 9.89 Å². The quantitative estimate of drug-likeness (QED) is 0.843. The number of aromatic amines is 1. The zero-order valence-corrected chi connectivity index (χ0v) is 11.4. The summed E-state index contributed by atoms with van der Waals surface area (Å²) >= 11 is 0. The topological polar surface area (TPSA) is 61.0 Å². The van der Waals surface area contributed by atoms with Crippen LogP contribution in [-0.4, -0.2) is 40.6 Å². The molecule has 0 bridgehead atoms. The fraction of sp³-hybridized carbons (Fsp3) is 0.692. The molecule has 0 radical (unpaired) electrons. The maximum absolute atomic E-state index is 12.5. The Morgan fingerprint density at radius 1 is 1.50 bits per heavy atom. The van der Waals surface area contributed by atoms with Crippen LogP contribution in [0.3, 0.4) is 0 Å². The van der Waals surface area contributed by atoms with Gasteiger partial charge in [-0.2, -0.15) is 5.10 Å². The number of fused-ring (bicyclic) bond motifs is 1. The summed E-state index contributed by atoms with van der Waals surface area (Å²) in [5, 5.41) is 10.5. The second-order valence-electron chi connectivity index (χ2n) is 5.19. The van der Waals surface area contributed by atoms with E-state index in [2.05, 4.69) is 29.4 Å². The first kappa shape index (κ1) is 13.1. The van der Waals surface area contributed by atoms with Crippen LogP contribution < -0.4 is 5.32 Å². The molecule has 1 aromatic heterocycles. The smallest absolute Gasteiger partial charge is 0.274 e. The highest BCUT2D eigenvalue weighted by Crippen LogP contribution is 2.17. The van der Waals surface area contributed by atoms with Crippen LogP contribution in [0, 0.1) is 5.92 Å². The van der Waals surface area contributed by atoms with Crippen LogP contribution in [0.4, 0.5) is 0 Å². The van der Waals surface area contributed by atoms with Gasteiger partial charge in [0.25, 0.3) is 5.91 Å². The third-order valence-corrected chi connectivity index (χ3v) is 3.26. The van der Waals surface area contributed by atoms with Crippen LogP contribution in [0.5, 0.6) is 0 Å². The van der Waals surface area contributed by atoms with E-state index in [1.165, 1.54) is 0 Å². The van der Waals surface area contributed by atoms with Gasteiger partial charge in [-0.15, -0.1) is 0 Å². The zero-order chi connectivity index (χ0) is 13.1. The SMILES string of the molecule is CCN(CC(C)C)C(=O)c1n[nH]c2c1CNCC2. The second-order valence-corrected chi connectivity index (χ2v) is 5.19. The number of nitrogens with zero attached hydrogens (tertiary/aromatic N) is 2. The van der Waals surface area contributed by atoms with E-state index in [4.69, 9.17) is 0 Å². The summed E-state index contributed by atoms with van der Waals surface area (Å²) in [6, 6.07) is 0. The maximum Gasteiger partial charge on any atom is 0.274 e. The predicted octanol–water partition coefficient (Wildman–Crippen LogP) is 1.17. The van der Waals surface area contributed by atoms with Gasteiger partial charge >= 0.3 is 0 Å². The summed E-state index contributed by atoms with van der Waals surface area (Å²) in [5.41, 5.74) is 2.76. The Morgan fingerprint density at radius 3 is 2.94 bits per heavy atom. The minimum atomic E-state index is 0.0485. The highest BCUT2D eigenvalue weighted by Gasteiger charge is 2.25. The van der Waals surface area contributed by atoms with Gasteiger partial charge < -0.3 is 10.2 Å². The summed E-state index contributed by atoms with van der Waals surface area (Å²) in [6.45, 7) is 9.46. The zero-order valence-electron chi connectivity index (χ0n) is 11.4. The summed E-state index contributed by atoms with van der Waals surface area (Å²) < 4.78 is 0. The molecule has 18 heavy (non-hydrogen) atoms. The van der Waals surface area contributed by atoms with E-state index in [1.54, 1.807) is 0 Å². The van der Waals surface area contributed by atoms with E-state index in [9.17, 15) is 4.79 Å². The molecule has 1 aromatic rings. The van der Waals surface area contributed by atoms with Crippen LogP contribution in [-0.2, 0) is 13.0 Å². The molecule has 0 unspecified atom stereocenters. The molecular formula is C13H22N4O. The Balaban J connectivity index is 2.19. The summed E-state index contributed by atoms with van der Waals surface area (Å²) in [7, 11) is 0. The molecule has 1 aliphatic rings. The fourth-order valence-corrected chi connectivity index (χ4v) is 2.35. The van der Waals surface area contributed by atoms with Crippen LogP contribution in [0.1, 0.15) is 42.5 Å². The molecule has 1 amide bonds. The Morgan fingerprint density at radius 2 is 2.28 bits per heavy atom. The number of carbonyl (C=O) groups is 1. The van der Waals surface area contributed by atoms with Gasteiger partial charge in [0.15, 0.2) is 5.69 Å². The van der Waals surface area contributed by atoms with Gasteiger partial charge in [0.2, 0.25) is 0 Å². The molecule has 100 valence electrons. The Kier molecular flexibility index (Phi) is 4.01. The molecular weight excluding hydrogens is 228 g/mol. The van der Waals surface area contributed by atoms with Crippen molar-refractivity contribution in [1.82, 2.24) is 20.4 Å². The molecule has 0 saturated heterocycles. The van der Waals surface area contributed by atoms with Crippen LogP contribution in [0.25, 0.3) is 0 Å². The molecule has 0 aliphatic carbocycles. The Hall–Kier alpha value is -1.36. The van der Waals surface area contributed by atoms with E-state index in [-0.39, 0.29) is 5.91 Å². The standard InChI is InChI=1S/C13H22N4O/c1-4-17(8-9(2)3)13(18)12-10-7-14-6-5-11(10)15-16-12/h9,14H,4-8H2,1-3H3,(H,15,16). The summed E-state index contributed by atoms with van der Waals surface area (Å²) in [4.78, 5) is 14.3. The number of carbonyl (C=O) groups excluding carboxylic acids is 1. The van der Waals surface area contributed by atoms with Gasteiger partial charge in [0.1, 0.15) is 0 Å². The lowest BCUT2D eigenvalue weighted by molar-refractivity contribution is 0.0738. The van der Waals surface area contributed by atoms with Crippen molar-refractivity contribution in [3.05, 3.63) is 17.0 Å². The molecule has 0 aromatic carbocycles. The molecule has 2 N–H and O–H groups in total. The molecule has 2 rings (SSSR count). The van der Waals surface area contributed by atoms with Gasteiger partial charge in [-0.25, -0.2) is 0 Å². The van der Waals surface area contributed by atoms with Crippen LogP contribution in [0.2, 0.25) is 0 Å². The highest BCUT2D eigenvalue weighted by molar-refractivity contribution is 5.94. The molecule has 0 atom stereocenters. The van der Waals surface area contributed by atoms with Crippen molar-refractivity contribution in [3.63, 3.8) is 0 Å².